The summed E-state index contributed by atoms with van der Waals surface area (Å²) in [6.07, 6.45) is 1.69. The zero-order valence-electron chi connectivity index (χ0n) is 9.47. The summed E-state index contributed by atoms with van der Waals surface area (Å²) in [6, 6.07) is 4.19. The van der Waals surface area contributed by atoms with Gasteiger partial charge in [0.15, 0.2) is 0 Å². The maximum absolute atomic E-state index is 13.0. The van der Waals surface area contributed by atoms with Gasteiger partial charge in [-0.05, 0) is 53.9 Å². The van der Waals surface area contributed by atoms with Gasteiger partial charge in [0.05, 0.1) is 4.47 Å². The largest absolute Gasteiger partial charge is 0.352 e. The summed E-state index contributed by atoms with van der Waals surface area (Å²) in [4.78, 5) is 11.7. The SMILES string of the molecule is CC(Cl)CCCNC(=O)c1ccc(F)c(Br)c1. The van der Waals surface area contributed by atoms with Crippen molar-refractivity contribution in [2.45, 2.75) is 25.1 Å². The van der Waals surface area contributed by atoms with Crippen molar-refractivity contribution in [3.05, 3.63) is 34.1 Å². The van der Waals surface area contributed by atoms with E-state index in [1.807, 2.05) is 6.92 Å². The second-order valence-corrected chi connectivity index (χ2v) is 5.41. The zero-order valence-corrected chi connectivity index (χ0v) is 11.8. The van der Waals surface area contributed by atoms with E-state index in [2.05, 4.69) is 21.2 Å². The van der Waals surface area contributed by atoms with Crippen LogP contribution in [0.2, 0.25) is 0 Å². The van der Waals surface area contributed by atoms with E-state index in [4.69, 9.17) is 11.6 Å². The van der Waals surface area contributed by atoms with Gasteiger partial charge in [-0.1, -0.05) is 0 Å². The lowest BCUT2D eigenvalue weighted by Gasteiger charge is -2.06. The summed E-state index contributed by atoms with van der Waals surface area (Å²) in [5, 5.41) is 2.88. The van der Waals surface area contributed by atoms with Crippen molar-refractivity contribution in [1.82, 2.24) is 5.32 Å². The van der Waals surface area contributed by atoms with Crippen molar-refractivity contribution in [2.75, 3.05) is 6.54 Å². The first kappa shape index (κ1) is 14.5. The highest BCUT2D eigenvalue weighted by Gasteiger charge is 2.07. The summed E-state index contributed by atoms with van der Waals surface area (Å²) in [5.74, 6) is -0.578. The molecule has 17 heavy (non-hydrogen) atoms. The fraction of sp³-hybridized carbons (Fsp3) is 0.417. The molecule has 5 heteroatoms. The molecule has 0 saturated heterocycles. The molecule has 1 N–H and O–H groups in total. The van der Waals surface area contributed by atoms with Gasteiger partial charge in [0, 0.05) is 17.5 Å². The van der Waals surface area contributed by atoms with Crippen LogP contribution in [0.5, 0.6) is 0 Å². The van der Waals surface area contributed by atoms with E-state index in [9.17, 15) is 9.18 Å². The Morgan fingerprint density at radius 2 is 2.29 bits per heavy atom. The van der Waals surface area contributed by atoms with Crippen LogP contribution in [0.1, 0.15) is 30.1 Å². The van der Waals surface area contributed by atoms with Crippen LogP contribution in [-0.4, -0.2) is 17.8 Å². The first-order valence-electron chi connectivity index (χ1n) is 5.38. The third-order valence-electron chi connectivity index (χ3n) is 2.25. The minimum absolute atomic E-state index is 0.117. The molecule has 1 unspecified atom stereocenters. The Bertz CT molecular complexity index is 398. The zero-order chi connectivity index (χ0) is 12.8. The average molecular weight is 323 g/mol. The van der Waals surface area contributed by atoms with Crippen LogP contribution in [0.25, 0.3) is 0 Å². The number of carbonyl (C=O) groups is 1. The Morgan fingerprint density at radius 3 is 2.88 bits per heavy atom. The quantitative estimate of drug-likeness (QED) is 0.649. The molecule has 0 heterocycles. The number of benzene rings is 1. The lowest BCUT2D eigenvalue weighted by molar-refractivity contribution is 0.0953. The van der Waals surface area contributed by atoms with Crippen LogP contribution in [0.15, 0.2) is 22.7 Å². The lowest BCUT2D eigenvalue weighted by atomic mass is 10.2. The molecule has 0 aliphatic heterocycles. The first-order chi connectivity index (χ1) is 8.00. The van der Waals surface area contributed by atoms with E-state index in [0.29, 0.717) is 16.6 Å². The van der Waals surface area contributed by atoms with Crippen molar-refractivity contribution in [1.29, 1.82) is 0 Å². The molecule has 94 valence electrons. The minimum atomic E-state index is -0.377. The Labute approximate surface area is 114 Å². The normalized spacial score (nSPS) is 12.2. The third kappa shape index (κ3) is 5.04. The Balaban J connectivity index is 2.44. The van der Waals surface area contributed by atoms with E-state index >= 15 is 0 Å². The van der Waals surface area contributed by atoms with Crippen LogP contribution >= 0.6 is 27.5 Å². The van der Waals surface area contributed by atoms with Crippen molar-refractivity contribution < 1.29 is 9.18 Å². The number of alkyl halides is 1. The highest BCUT2D eigenvalue weighted by Crippen LogP contribution is 2.16. The molecule has 0 saturated carbocycles. The van der Waals surface area contributed by atoms with Gasteiger partial charge in [-0.15, -0.1) is 11.6 Å². The molecule has 0 radical (unpaired) electrons. The molecular weight excluding hydrogens is 308 g/mol. The fourth-order valence-corrected chi connectivity index (χ4v) is 1.86. The van der Waals surface area contributed by atoms with Crippen LogP contribution in [-0.2, 0) is 0 Å². The van der Waals surface area contributed by atoms with Gasteiger partial charge in [0.2, 0.25) is 0 Å². The van der Waals surface area contributed by atoms with Gasteiger partial charge in [0.1, 0.15) is 5.82 Å². The predicted octanol–water partition coefficient (Wildman–Crippen LogP) is 3.73. The van der Waals surface area contributed by atoms with Gasteiger partial charge in [-0.3, -0.25) is 4.79 Å². The van der Waals surface area contributed by atoms with Crippen LogP contribution in [0, 0.1) is 5.82 Å². The van der Waals surface area contributed by atoms with Gasteiger partial charge in [-0.2, -0.15) is 0 Å². The number of halogens is 3. The van der Waals surface area contributed by atoms with Crippen LogP contribution in [0.4, 0.5) is 4.39 Å². The van der Waals surface area contributed by atoms with E-state index < -0.39 is 0 Å². The molecule has 0 aliphatic carbocycles. The number of hydrogen-bond donors (Lipinski definition) is 1. The molecule has 1 aromatic carbocycles. The minimum Gasteiger partial charge on any atom is -0.352 e. The Hall–Kier alpha value is -0.610. The van der Waals surface area contributed by atoms with Gasteiger partial charge in [-0.25, -0.2) is 4.39 Å². The molecule has 0 bridgehead atoms. The average Bonchev–Trinajstić information content (AvgIpc) is 2.27. The number of nitrogens with one attached hydrogen (secondary N) is 1. The summed E-state index contributed by atoms with van der Waals surface area (Å²) >= 11 is 8.83. The fourth-order valence-electron chi connectivity index (χ4n) is 1.32. The molecule has 0 spiro atoms. The number of hydrogen-bond acceptors (Lipinski definition) is 1. The molecular formula is C12H14BrClFNO. The van der Waals surface area contributed by atoms with Gasteiger partial charge >= 0.3 is 0 Å². The summed E-state index contributed by atoms with van der Waals surface area (Å²) in [5.41, 5.74) is 0.442. The molecule has 1 atom stereocenters. The van der Waals surface area contributed by atoms with Crippen molar-refractivity contribution in [3.8, 4) is 0 Å². The van der Waals surface area contributed by atoms with Crippen molar-refractivity contribution in [3.63, 3.8) is 0 Å². The van der Waals surface area contributed by atoms with Crippen molar-refractivity contribution >= 4 is 33.4 Å². The van der Waals surface area contributed by atoms with E-state index in [0.717, 1.165) is 12.8 Å². The molecule has 1 amide bonds. The number of carbonyl (C=O) groups excluding carboxylic acids is 1. The Morgan fingerprint density at radius 1 is 1.59 bits per heavy atom. The molecule has 1 rings (SSSR count). The Kier molecular flexibility index (Phi) is 5.92. The molecule has 0 aliphatic rings. The van der Waals surface area contributed by atoms with E-state index in [-0.39, 0.29) is 17.1 Å². The highest BCUT2D eigenvalue weighted by atomic mass is 79.9. The van der Waals surface area contributed by atoms with Crippen molar-refractivity contribution in [2.24, 2.45) is 0 Å². The topological polar surface area (TPSA) is 29.1 Å². The molecule has 0 fully saturated rings. The number of rotatable bonds is 5. The van der Waals surface area contributed by atoms with Gasteiger partial charge in [0.25, 0.3) is 5.91 Å². The molecule has 0 aromatic heterocycles. The van der Waals surface area contributed by atoms with Gasteiger partial charge < -0.3 is 5.32 Å². The predicted molar refractivity (Wildman–Crippen MR) is 71.0 cm³/mol. The number of amides is 1. The second-order valence-electron chi connectivity index (χ2n) is 3.81. The summed E-state index contributed by atoms with van der Waals surface area (Å²) in [7, 11) is 0. The third-order valence-corrected chi connectivity index (χ3v) is 3.07. The first-order valence-corrected chi connectivity index (χ1v) is 6.61. The van der Waals surface area contributed by atoms with Crippen LogP contribution in [0.3, 0.4) is 0 Å². The molecule has 1 aromatic rings. The summed E-state index contributed by atoms with van der Waals surface area (Å²) < 4.78 is 13.3. The highest BCUT2D eigenvalue weighted by molar-refractivity contribution is 9.10. The smallest absolute Gasteiger partial charge is 0.251 e. The lowest BCUT2D eigenvalue weighted by Crippen LogP contribution is -2.24. The van der Waals surface area contributed by atoms with E-state index in [1.165, 1.54) is 18.2 Å². The monoisotopic (exact) mass is 321 g/mol. The van der Waals surface area contributed by atoms with Crippen LogP contribution < -0.4 is 5.32 Å². The second kappa shape index (κ2) is 6.97. The standard InChI is InChI=1S/C12H14BrClFNO/c1-8(14)3-2-6-16-12(17)9-4-5-11(15)10(13)7-9/h4-5,7-8H,2-3,6H2,1H3,(H,16,17). The van der Waals surface area contributed by atoms with E-state index in [1.54, 1.807) is 0 Å². The maximum atomic E-state index is 13.0. The summed E-state index contributed by atoms with van der Waals surface area (Å²) in [6.45, 7) is 2.49. The maximum Gasteiger partial charge on any atom is 0.251 e. The molecule has 2 nitrogen and oxygen atoms in total.